The van der Waals surface area contributed by atoms with Gasteiger partial charge in [0.2, 0.25) is 0 Å². The van der Waals surface area contributed by atoms with Crippen LogP contribution in [0.5, 0.6) is 0 Å². The molecule has 29 heavy (non-hydrogen) atoms. The molecule has 2 aromatic rings. The zero-order valence-electron chi connectivity index (χ0n) is 16.2. The lowest BCUT2D eigenvalue weighted by atomic mass is 9.96. The van der Waals surface area contributed by atoms with Gasteiger partial charge in [-0.05, 0) is 43.5 Å². The average molecular weight is 435 g/mol. The summed E-state index contributed by atoms with van der Waals surface area (Å²) in [5.74, 6) is 0.0714. The van der Waals surface area contributed by atoms with Crippen LogP contribution in [0.4, 0.5) is 5.00 Å². The Kier molecular flexibility index (Phi) is 6.20. The van der Waals surface area contributed by atoms with Crippen LogP contribution in [0.2, 0.25) is 5.02 Å². The first kappa shape index (κ1) is 20.3. The Morgan fingerprint density at radius 1 is 1.17 bits per heavy atom. The second kappa shape index (κ2) is 8.83. The van der Waals surface area contributed by atoms with Crippen molar-refractivity contribution in [3.8, 4) is 0 Å². The summed E-state index contributed by atoms with van der Waals surface area (Å²) in [4.78, 5) is 28.0. The topological polar surface area (TPSA) is 67.9 Å². The maximum absolute atomic E-state index is 13.0. The molecule has 2 fully saturated rings. The number of carbonyl (C=O) groups is 2. The van der Waals surface area contributed by atoms with E-state index >= 15 is 0 Å². The predicted octanol–water partition coefficient (Wildman–Crippen LogP) is 4.19. The van der Waals surface area contributed by atoms with Crippen molar-refractivity contribution in [2.75, 3.05) is 31.6 Å². The molecule has 8 heteroatoms. The fraction of sp³-hybridized carbons (Fsp3) is 0.429. The molecule has 0 aliphatic carbocycles. The summed E-state index contributed by atoms with van der Waals surface area (Å²) in [6.07, 6.45) is 1.62. The van der Waals surface area contributed by atoms with Gasteiger partial charge in [0, 0.05) is 19.0 Å². The molecule has 3 heterocycles. The second-order valence-electron chi connectivity index (χ2n) is 7.30. The van der Waals surface area contributed by atoms with E-state index < -0.39 is 0 Å². The summed E-state index contributed by atoms with van der Waals surface area (Å²) < 4.78 is 11.2. The van der Waals surface area contributed by atoms with Crippen LogP contribution in [-0.2, 0) is 9.47 Å². The van der Waals surface area contributed by atoms with Gasteiger partial charge in [0.05, 0.1) is 33.7 Å². The van der Waals surface area contributed by atoms with E-state index in [1.165, 1.54) is 11.3 Å². The molecule has 2 aliphatic rings. The summed E-state index contributed by atoms with van der Waals surface area (Å²) in [6, 6.07) is 8.72. The van der Waals surface area contributed by atoms with Crippen LogP contribution in [0, 0.1) is 12.8 Å². The van der Waals surface area contributed by atoms with Crippen LogP contribution in [0.25, 0.3) is 0 Å². The zero-order chi connectivity index (χ0) is 20.4. The maximum Gasteiger partial charge on any atom is 0.264 e. The minimum Gasteiger partial charge on any atom is -0.350 e. The standard InChI is InChI=1S/C21H23ClN2O4S/c1-13-12-17(23-19(25)15-4-2-3-5-16(15)22)29-18(13)20(26)24-8-6-14(7-9-24)21-27-10-11-28-21/h2-5,12,14,21H,6-11H2,1H3,(H,23,25). The number of hydrogen-bond donors (Lipinski definition) is 1. The van der Waals surface area contributed by atoms with E-state index in [0.29, 0.717) is 52.7 Å². The molecule has 4 rings (SSSR count). The summed E-state index contributed by atoms with van der Waals surface area (Å²) in [7, 11) is 0. The highest BCUT2D eigenvalue weighted by atomic mass is 35.5. The molecule has 0 radical (unpaired) electrons. The van der Waals surface area contributed by atoms with Crippen LogP contribution in [0.1, 0.15) is 38.4 Å². The molecule has 2 aliphatic heterocycles. The van der Waals surface area contributed by atoms with E-state index in [0.717, 1.165) is 18.4 Å². The summed E-state index contributed by atoms with van der Waals surface area (Å²) >= 11 is 7.40. The third-order valence-corrected chi connectivity index (χ3v) is 6.80. The molecule has 0 unspecified atom stereocenters. The number of piperidine rings is 1. The molecule has 6 nitrogen and oxygen atoms in total. The number of amides is 2. The lowest BCUT2D eigenvalue weighted by Crippen LogP contribution is -2.41. The molecule has 0 atom stereocenters. The number of thiophene rings is 1. The van der Waals surface area contributed by atoms with Crippen molar-refractivity contribution < 1.29 is 19.1 Å². The van der Waals surface area contributed by atoms with E-state index in [9.17, 15) is 9.59 Å². The highest BCUT2D eigenvalue weighted by Crippen LogP contribution is 2.31. The van der Waals surface area contributed by atoms with Gasteiger partial charge in [-0.1, -0.05) is 23.7 Å². The minimum atomic E-state index is -0.284. The number of likely N-dealkylation sites (tertiary alicyclic amines) is 1. The van der Waals surface area contributed by atoms with Gasteiger partial charge in [-0.2, -0.15) is 0 Å². The number of carbonyl (C=O) groups excluding carboxylic acids is 2. The van der Waals surface area contributed by atoms with Crippen molar-refractivity contribution in [3.05, 3.63) is 51.4 Å². The molecule has 0 saturated carbocycles. The number of hydrogen-bond acceptors (Lipinski definition) is 5. The van der Waals surface area contributed by atoms with Gasteiger partial charge < -0.3 is 19.7 Å². The first-order valence-electron chi connectivity index (χ1n) is 9.71. The summed E-state index contributed by atoms with van der Waals surface area (Å²) in [5.41, 5.74) is 1.27. The third-order valence-electron chi connectivity index (χ3n) is 5.33. The maximum atomic E-state index is 13.0. The quantitative estimate of drug-likeness (QED) is 0.783. The summed E-state index contributed by atoms with van der Waals surface area (Å²) in [6.45, 7) is 4.57. The highest BCUT2D eigenvalue weighted by Gasteiger charge is 2.32. The van der Waals surface area contributed by atoms with Crippen molar-refractivity contribution in [1.29, 1.82) is 0 Å². The van der Waals surface area contributed by atoms with Gasteiger partial charge in [0.15, 0.2) is 6.29 Å². The molecular formula is C21H23ClN2O4S. The number of benzene rings is 1. The van der Waals surface area contributed by atoms with Gasteiger partial charge >= 0.3 is 0 Å². The number of aryl methyl sites for hydroxylation is 1. The molecule has 154 valence electrons. The molecule has 2 amide bonds. The monoisotopic (exact) mass is 434 g/mol. The van der Waals surface area contributed by atoms with Crippen molar-refractivity contribution in [3.63, 3.8) is 0 Å². The number of nitrogens with zero attached hydrogens (tertiary/aromatic N) is 1. The smallest absolute Gasteiger partial charge is 0.264 e. The van der Waals surface area contributed by atoms with Crippen LogP contribution >= 0.6 is 22.9 Å². The predicted molar refractivity (Wildman–Crippen MR) is 113 cm³/mol. The van der Waals surface area contributed by atoms with Gasteiger partial charge in [-0.15, -0.1) is 11.3 Å². The Bertz CT molecular complexity index is 902. The van der Waals surface area contributed by atoms with E-state index in [1.54, 1.807) is 24.3 Å². The number of halogens is 1. The molecule has 0 spiro atoms. The van der Waals surface area contributed by atoms with Gasteiger partial charge in [-0.3, -0.25) is 9.59 Å². The van der Waals surface area contributed by atoms with E-state index in [4.69, 9.17) is 21.1 Å². The molecule has 2 saturated heterocycles. The Hall–Kier alpha value is -1.93. The highest BCUT2D eigenvalue weighted by molar-refractivity contribution is 7.18. The van der Waals surface area contributed by atoms with Crippen molar-refractivity contribution >= 4 is 39.8 Å². The first-order valence-corrected chi connectivity index (χ1v) is 10.9. The Morgan fingerprint density at radius 3 is 2.55 bits per heavy atom. The van der Waals surface area contributed by atoms with Crippen LogP contribution < -0.4 is 5.32 Å². The number of rotatable bonds is 4. The molecule has 1 aromatic carbocycles. The lowest BCUT2D eigenvalue weighted by molar-refractivity contribution is -0.0956. The Balaban J connectivity index is 1.39. The number of anilines is 1. The summed E-state index contributed by atoms with van der Waals surface area (Å²) in [5, 5.41) is 3.89. The van der Waals surface area contributed by atoms with Gasteiger partial charge in [-0.25, -0.2) is 0 Å². The average Bonchev–Trinajstić information content (AvgIpc) is 3.38. The number of nitrogens with one attached hydrogen (secondary N) is 1. The largest absolute Gasteiger partial charge is 0.350 e. The molecular weight excluding hydrogens is 412 g/mol. The lowest BCUT2D eigenvalue weighted by Gasteiger charge is -2.33. The van der Waals surface area contributed by atoms with Gasteiger partial charge in [0.1, 0.15) is 0 Å². The van der Waals surface area contributed by atoms with E-state index in [1.807, 2.05) is 17.9 Å². The first-order chi connectivity index (χ1) is 14.0. The zero-order valence-corrected chi connectivity index (χ0v) is 17.7. The van der Waals surface area contributed by atoms with Crippen molar-refractivity contribution in [2.45, 2.75) is 26.1 Å². The van der Waals surface area contributed by atoms with Crippen LogP contribution in [-0.4, -0.2) is 49.3 Å². The SMILES string of the molecule is Cc1cc(NC(=O)c2ccccc2Cl)sc1C(=O)N1CCC(C2OCCO2)CC1. The minimum absolute atomic E-state index is 0.0115. The third kappa shape index (κ3) is 4.48. The van der Waals surface area contributed by atoms with Crippen LogP contribution in [0.15, 0.2) is 30.3 Å². The van der Waals surface area contributed by atoms with Crippen molar-refractivity contribution in [2.24, 2.45) is 5.92 Å². The molecule has 0 bridgehead atoms. The number of ether oxygens (including phenoxy) is 2. The normalized spacial score (nSPS) is 18.2. The van der Waals surface area contributed by atoms with E-state index in [2.05, 4.69) is 5.32 Å². The molecule has 1 N–H and O–H groups in total. The van der Waals surface area contributed by atoms with Crippen LogP contribution in [0.3, 0.4) is 0 Å². The fourth-order valence-electron chi connectivity index (χ4n) is 3.75. The van der Waals surface area contributed by atoms with Gasteiger partial charge in [0.25, 0.3) is 11.8 Å². The van der Waals surface area contributed by atoms with E-state index in [-0.39, 0.29) is 18.1 Å². The Morgan fingerprint density at radius 2 is 1.86 bits per heavy atom. The Labute approximate surface area is 178 Å². The fourth-order valence-corrected chi connectivity index (χ4v) is 5.00. The molecule has 1 aromatic heterocycles. The second-order valence-corrected chi connectivity index (χ2v) is 8.76. The van der Waals surface area contributed by atoms with Crippen molar-refractivity contribution in [1.82, 2.24) is 4.90 Å².